The largest absolute Gasteiger partial charge is 0.457 e. The second-order valence-corrected chi connectivity index (χ2v) is 15.6. The van der Waals surface area contributed by atoms with E-state index >= 15 is 0 Å². The van der Waals surface area contributed by atoms with Crippen molar-refractivity contribution in [2.75, 3.05) is 0 Å². The van der Waals surface area contributed by atoms with Crippen molar-refractivity contribution in [3.63, 3.8) is 0 Å². The molecule has 0 atom stereocenters. The Hall–Kier alpha value is -8.22. The number of pyridine rings is 1. The second kappa shape index (κ2) is 12.9. The van der Waals surface area contributed by atoms with Crippen LogP contribution in [0.4, 0.5) is 0 Å². The summed E-state index contributed by atoms with van der Waals surface area (Å²) in [5, 5.41) is 3.27. The van der Waals surface area contributed by atoms with Crippen LogP contribution in [0.25, 0.3) is 89.4 Å². The molecule has 0 unspecified atom stereocenters. The molecular formula is C55H32N4O2. The summed E-state index contributed by atoms with van der Waals surface area (Å²) in [6.45, 7) is 0. The first kappa shape index (κ1) is 33.7. The Morgan fingerprint density at radius 2 is 0.934 bits per heavy atom. The number of nitrogens with zero attached hydrogens (tertiary/aromatic N) is 4. The number of ether oxygens (including phenoxy) is 1. The summed E-state index contributed by atoms with van der Waals surface area (Å²) in [4.78, 5) is 21.2. The van der Waals surface area contributed by atoms with Gasteiger partial charge in [0.25, 0.3) is 0 Å². The summed E-state index contributed by atoms with van der Waals surface area (Å²) in [5.41, 5.74) is 13.0. The molecule has 0 saturated carbocycles. The van der Waals surface area contributed by atoms with E-state index in [9.17, 15) is 0 Å². The molecule has 0 amide bonds. The van der Waals surface area contributed by atoms with Crippen LogP contribution >= 0.6 is 0 Å². The fraction of sp³-hybridized carbons (Fsp3) is 0.0182. The van der Waals surface area contributed by atoms with Crippen LogP contribution in [0, 0.1) is 0 Å². The SMILES string of the molecule is c1ccc(-c2nc(-c3ccc(-c4cccc5c4oc4ccccc45)cc3)nc(-c3nc4ccccc4c4c3-c3ccccc3C43c4ccccc4Oc4ccccc43)n2)cc1. The van der Waals surface area contributed by atoms with Gasteiger partial charge in [-0.15, -0.1) is 0 Å². The van der Waals surface area contributed by atoms with E-state index in [1.54, 1.807) is 0 Å². The normalized spacial score (nSPS) is 13.2. The van der Waals surface area contributed by atoms with E-state index < -0.39 is 5.41 Å². The maximum absolute atomic E-state index is 6.67. The third-order valence-electron chi connectivity index (χ3n) is 12.4. The van der Waals surface area contributed by atoms with Crippen molar-refractivity contribution in [3.8, 4) is 68.0 Å². The number of fused-ring (bicyclic) bond motifs is 14. The molecule has 1 aliphatic carbocycles. The molecule has 6 nitrogen and oxygen atoms in total. The molecule has 1 aliphatic heterocycles. The topological polar surface area (TPSA) is 73.9 Å². The standard InChI is InChI=1S/C55H32N4O2/c1-2-15-34(16-3-1)52-57-53(35-31-29-33(30-32-35)36-20-14-21-38-37-17-6-11-26-45(37)61-51(36)38)59-54(58-52)50-48-39-18-4-7-22-41(39)55(49(48)40-19-5-10-25-44(40)56-50)42-23-8-12-27-46(42)60-47-28-13-9-24-43(47)55/h1-32H. The van der Waals surface area contributed by atoms with Gasteiger partial charge < -0.3 is 9.15 Å². The summed E-state index contributed by atoms with van der Waals surface area (Å²) in [7, 11) is 0. The molecule has 0 fully saturated rings. The first-order chi connectivity index (χ1) is 30.2. The van der Waals surface area contributed by atoms with Crippen LogP contribution in [0.2, 0.25) is 0 Å². The fourth-order valence-electron chi connectivity index (χ4n) is 9.84. The Labute approximate surface area is 350 Å². The third-order valence-corrected chi connectivity index (χ3v) is 12.4. The molecule has 6 heteroatoms. The van der Waals surface area contributed by atoms with Crippen molar-refractivity contribution < 1.29 is 9.15 Å². The Bertz CT molecular complexity index is 3530. The van der Waals surface area contributed by atoms with Crippen molar-refractivity contribution in [3.05, 3.63) is 216 Å². The summed E-state index contributed by atoms with van der Waals surface area (Å²) in [6, 6.07) is 67.0. The molecule has 0 saturated heterocycles. The van der Waals surface area contributed by atoms with E-state index in [4.69, 9.17) is 29.1 Å². The van der Waals surface area contributed by atoms with Crippen LogP contribution in [0.15, 0.2) is 199 Å². The Kier molecular flexibility index (Phi) is 7.13. The smallest absolute Gasteiger partial charge is 0.183 e. The Morgan fingerprint density at radius 1 is 0.377 bits per heavy atom. The highest BCUT2D eigenvalue weighted by molar-refractivity contribution is 6.09. The number of rotatable bonds is 4. The second-order valence-electron chi connectivity index (χ2n) is 15.6. The predicted molar refractivity (Wildman–Crippen MR) is 242 cm³/mol. The molecule has 0 radical (unpaired) electrons. The zero-order valence-corrected chi connectivity index (χ0v) is 32.6. The number of furan rings is 1. The zero-order valence-electron chi connectivity index (χ0n) is 32.6. The molecule has 284 valence electrons. The van der Waals surface area contributed by atoms with Gasteiger partial charge in [0, 0.05) is 49.5 Å². The van der Waals surface area contributed by atoms with Gasteiger partial charge in [0.15, 0.2) is 17.5 Å². The van der Waals surface area contributed by atoms with Gasteiger partial charge in [0.1, 0.15) is 28.4 Å². The summed E-state index contributed by atoms with van der Waals surface area (Å²) in [6.07, 6.45) is 0. The van der Waals surface area contributed by atoms with Gasteiger partial charge in [-0.2, -0.15) is 0 Å². The number of aromatic nitrogens is 4. The van der Waals surface area contributed by atoms with Crippen molar-refractivity contribution in [2.45, 2.75) is 5.41 Å². The molecule has 4 heterocycles. The van der Waals surface area contributed by atoms with E-state index in [0.717, 1.165) is 94.4 Å². The highest BCUT2D eigenvalue weighted by Gasteiger charge is 2.53. The molecule has 61 heavy (non-hydrogen) atoms. The molecule has 3 aromatic heterocycles. The average Bonchev–Trinajstić information content (AvgIpc) is 3.86. The van der Waals surface area contributed by atoms with E-state index in [1.807, 2.05) is 66.7 Å². The molecule has 0 bridgehead atoms. The van der Waals surface area contributed by atoms with Gasteiger partial charge in [0.2, 0.25) is 0 Å². The monoisotopic (exact) mass is 780 g/mol. The summed E-state index contributed by atoms with van der Waals surface area (Å²) in [5.74, 6) is 3.30. The highest BCUT2D eigenvalue weighted by Crippen LogP contribution is 2.64. The van der Waals surface area contributed by atoms with Crippen LogP contribution in [0.3, 0.4) is 0 Å². The van der Waals surface area contributed by atoms with Crippen LogP contribution in [0.5, 0.6) is 11.5 Å². The van der Waals surface area contributed by atoms with Crippen molar-refractivity contribution in [2.24, 2.45) is 0 Å². The fourth-order valence-corrected chi connectivity index (χ4v) is 9.84. The van der Waals surface area contributed by atoms with Gasteiger partial charge in [-0.3, -0.25) is 0 Å². The average molecular weight is 781 g/mol. The number of hydrogen-bond acceptors (Lipinski definition) is 6. The first-order valence-electron chi connectivity index (χ1n) is 20.5. The molecular weight excluding hydrogens is 749 g/mol. The van der Waals surface area contributed by atoms with Gasteiger partial charge in [-0.05, 0) is 46.5 Å². The maximum atomic E-state index is 6.67. The zero-order chi connectivity index (χ0) is 40.1. The van der Waals surface area contributed by atoms with Crippen LogP contribution in [-0.4, -0.2) is 19.9 Å². The van der Waals surface area contributed by atoms with Crippen LogP contribution < -0.4 is 4.74 Å². The van der Waals surface area contributed by atoms with Crippen LogP contribution in [-0.2, 0) is 5.41 Å². The van der Waals surface area contributed by atoms with E-state index in [2.05, 4.69) is 127 Å². The van der Waals surface area contributed by atoms with Crippen LogP contribution in [0.1, 0.15) is 22.3 Å². The number of hydrogen-bond donors (Lipinski definition) is 0. The molecule has 0 N–H and O–H groups in total. The molecule has 1 spiro atoms. The predicted octanol–water partition coefficient (Wildman–Crippen LogP) is 13.5. The summed E-state index contributed by atoms with van der Waals surface area (Å²) < 4.78 is 13.1. The highest BCUT2D eigenvalue weighted by atomic mass is 16.5. The Balaban J connectivity index is 1.06. The van der Waals surface area contributed by atoms with E-state index in [0.29, 0.717) is 23.2 Å². The van der Waals surface area contributed by atoms with Crippen molar-refractivity contribution in [1.29, 1.82) is 0 Å². The minimum absolute atomic E-state index is 0.502. The quantitative estimate of drug-likeness (QED) is 0.177. The lowest BCUT2D eigenvalue weighted by atomic mass is 9.65. The van der Waals surface area contributed by atoms with Crippen molar-refractivity contribution in [1.82, 2.24) is 19.9 Å². The summed E-state index contributed by atoms with van der Waals surface area (Å²) >= 11 is 0. The minimum Gasteiger partial charge on any atom is -0.457 e. The first-order valence-corrected chi connectivity index (χ1v) is 20.5. The van der Waals surface area contributed by atoms with Gasteiger partial charge >= 0.3 is 0 Å². The Morgan fingerprint density at radius 3 is 1.70 bits per heavy atom. The van der Waals surface area contributed by atoms with E-state index in [-0.39, 0.29) is 0 Å². The molecule has 11 aromatic rings. The molecule has 2 aliphatic rings. The maximum Gasteiger partial charge on any atom is 0.183 e. The molecule has 8 aromatic carbocycles. The lowest BCUT2D eigenvalue weighted by Gasteiger charge is -2.39. The number of benzene rings is 8. The molecule has 13 rings (SSSR count). The minimum atomic E-state index is -0.703. The van der Waals surface area contributed by atoms with E-state index in [1.165, 1.54) is 5.56 Å². The lowest BCUT2D eigenvalue weighted by Crippen LogP contribution is -2.32. The van der Waals surface area contributed by atoms with Gasteiger partial charge in [-0.1, -0.05) is 170 Å². The van der Waals surface area contributed by atoms with Crippen molar-refractivity contribution >= 4 is 32.8 Å². The third kappa shape index (κ3) is 4.84. The lowest BCUT2D eigenvalue weighted by molar-refractivity contribution is 0.437. The van der Waals surface area contributed by atoms with Gasteiger partial charge in [-0.25, -0.2) is 19.9 Å². The number of para-hydroxylation sites is 5. The van der Waals surface area contributed by atoms with Gasteiger partial charge in [0.05, 0.1) is 10.9 Å².